The van der Waals surface area contributed by atoms with Gasteiger partial charge in [-0.25, -0.2) is 4.21 Å². The van der Waals surface area contributed by atoms with Crippen LogP contribution in [0.4, 0.5) is 13.2 Å². The van der Waals surface area contributed by atoms with Gasteiger partial charge in [0.05, 0.1) is 21.3 Å². The standard InChI is InChI=1S/C13H17ClF3NOS/c1-8(7-12(2,3)20(18)19)9-4-10(13(15,16)17)6-11(14)5-9/h4-6,8H,7,18H2,1-3H3/t8-,20?/m1/s1. The van der Waals surface area contributed by atoms with E-state index in [1.54, 1.807) is 20.8 Å². The normalized spacial score (nSPS) is 16.0. The highest BCUT2D eigenvalue weighted by Crippen LogP contribution is 2.36. The van der Waals surface area contributed by atoms with Crippen LogP contribution in [0.25, 0.3) is 0 Å². The Bertz CT molecular complexity index is 517. The Balaban J connectivity index is 3.08. The van der Waals surface area contributed by atoms with Gasteiger partial charge in [0.25, 0.3) is 0 Å². The number of rotatable bonds is 4. The molecule has 2 nitrogen and oxygen atoms in total. The maximum Gasteiger partial charge on any atom is 0.416 e. The lowest BCUT2D eigenvalue weighted by molar-refractivity contribution is -0.137. The van der Waals surface area contributed by atoms with Crippen molar-refractivity contribution in [2.24, 2.45) is 5.14 Å². The molecule has 0 fully saturated rings. The summed E-state index contributed by atoms with van der Waals surface area (Å²) in [7, 11) is -1.55. The van der Waals surface area contributed by atoms with Crippen LogP contribution in [0.3, 0.4) is 0 Å². The smallest absolute Gasteiger partial charge is 0.251 e. The van der Waals surface area contributed by atoms with Gasteiger partial charge in [-0.15, -0.1) is 0 Å². The average molecular weight is 328 g/mol. The molecule has 0 radical (unpaired) electrons. The van der Waals surface area contributed by atoms with Gasteiger partial charge in [0, 0.05) is 5.02 Å². The molecule has 1 aromatic carbocycles. The van der Waals surface area contributed by atoms with Crippen molar-refractivity contribution in [3.05, 3.63) is 34.3 Å². The van der Waals surface area contributed by atoms with Crippen molar-refractivity contribution in [1.82, 2.24) is 0 Å². The van der Waals surface area contributed by atoms with E-state index in [2.05, 4.69) is 0 Å². The summed E-state index contributed by atoms with van der Waals surface area (Å²) in [5.74, 6) is -0.239. The van der Waals surface area contributed by atoms with Gasteiger partial charge in [-0.1, -0.05) is 18.5 Å². The van der Waals surface area contributed by atoms with Gasteiger partial charge in [-0.3, -0.25) is 5.14 Å². The highest BCUT2D eigenvalue weighted by molar-refractivity contribution is 7.84. The molecule has 0 aliphatic heterocycles. The van der Waals surface area contributed by atoms with Gasteiger partial charge in [0.2, 0.25) is 0 Å². The minimum Gasteiger partial charge on any atom is -0.251 e. The molecular weight excluding hydrogens is 311 g/mol. The SMILES string of the molecule is C[C@H](CC(C)(C)S(N)=O)c1cc(Cl)cc(C(F)(F)F)c1. The zero-order valence-electron chi connectivity index (χ0n) is 11.4. The first-order chi connectivity index (χ1) is 8.93. The van der Waals surface area contributed by atoms with E-state index in [1.807, 2.05) is 0 Å². The van der Waals surface area contributed by atoms with Crippen LogP contribution in [0.15, 0.2) is 18.2 Å². The lowest BCUT2D eigenvalue weighted by atomic mass is 9.90. The molecule has 0 saturated carbocycles. The number of halogens is 4. The topological polar surface area (TPSA) is 43.1 Å². The predicted molar refractivity (Wildman–Crippen MR) is 75.9 cm³/mol. The summed E-state index contributed by atoms with van der Waals surface area (Å²) in [6, 6.07) is 3.47. The van der Waals surface area contributed by atoms with Crippen LogP contribution in [-0.4, -0.2) is 8.96 Å². The van der Waals surface area contributed by atoms with E-state index < -0.39 is 27.5 Å². The predicted octanol–water partition coefficient (Wildman–Crippen LogP) is 4.25. The molecule has 7 heteroatoms. The van der Waals surface area contributed by atoms with E-state index in [0.29, 0.717) is 12.0 Å². The number of hydrogen-bond donors (Lipinski definition) is 1. The van der Waals surface area contributed by atoms with Crippen molar-refractivity contribution < 1.29 is 17.4 Å². The molecule has 0 heterocycles. The third-order valence-corrected chi connectivity index (χ3v) is 4.63. The van der Waals surface area contributed by atoms with E-state index in [4.69, 9.17) is 16.7 Å². The fraction of sp³-hybridized carbons (Fsp3) is 0.538. The molecular formula is C13H17ClF3NOS. The van der Waals surface area contributed by atoms with Crippen LogP contribution in [0, 0.1) is 0 Å². The molecule has 0 spiro atoms. The van der Waals surface area contributed by atoms with Gasteiger partial charge in [-0.2, -0.15) is 13.2 Å². The van der Waals surface area contributed by atoms with Crippen molar-refractivity contribution in [2.75, 3.05) is 0 Å². The largest absolute Gasteiger partial charge is 0.416 e. The number of hydrogen-bond acceptors (Lipinski definition) is 1. The molecule has 0 aliphatic rings. The van der Waals surface area contributed by atoms with E-state index in [-0.39, 0.29) is 10.9 Å². The van der Waals surface area contributed by atoms with Gasteiger partial charge < -0.3 is 0 Å². The summed E-state index contributed by atoms with van der Waals surface area (Å²) in [6.07, 6.45) is -4.04. The van der Waals surface area contributed by atoms with Crippen molar-refractivity contribution >= 4 is 22.6 Å². The van der Waals surface area contributed by atoms with Crippen molar-refractivity contribution in [3.8, 4) is 0 Å². The van der Waals surface area contributed by atoms with Crippen LogP contribution < -0.4 is 5.14 Å². The van der Waals surface area contributed by atoms with E-state index in [0.717, 1.165) is 12.1 Å². The third kappa shape index (κ3) is 4.46. The van der Waals surface area contributed by atoms with Gasteiger partial charge in [0.1, 0.15) is 0 Å². The van der Waals surface area contributed by atoms with Crippen LogP contribution in [-0.2, 0) is 17.2 Å². The molecule has 0 amide bonds. The summed E-state index contributed by atoms with van der Waals surface area (Å²) in [4.78, 5) is 0. The van der Waals surface area contributed by atoms with Crippen LogP contribution in [0.1, 0.15) is 44.2 Å². The molecule has 2 atom stereocenters. The molecule has 0 saturated heterocycles. The Hall–Kier alpha value is -0.590. The molecule has 0 bridgehead atoms. The summed E-state index contributed by atoms with van der Waals surface area (Å²) in [5, 5.41) is 5.43. The number of benzene rings is 1. The van der Waals surface area contributed by atoms with E-state index in [1.165, 1.54) is 6.07 Å². The van der Waals surface area contributed by atoms with Crippen molar-refractivity contribution in [1.29, 1.82) is 0 Å². The monoisotopic (exact) mass is 327 g/mol. The number of alkyl halides is 3. The zero-order valence-corrected chi connectivity index (χ0v) is 13.0. The molecule has 2 N–H and O–H groups in total. The molecule has 1 unspecified atom stereocenters. The summed E-state index contributed by atoms with van der Waals surface area (Å²) < 4.78 is 49.0. The van der Waals surface area contributed by atoms with Gasteiger partial charge >= 0.3 is 6.18 Å². The quantitative estimate of drug-likeness (QED) is 0.882. The molecule has 1 aromatic rings. The van der Waals surface area contributed by atoms with Crippen molar-refractivity contribution in [2.45, 2.75) is 44.0 Å². The first-order valence-corrected chi connectivity index (χ1v) is 7.56. The Labute approximate surface area is 124 Å². The Morgan fingerprint density at radius 2 is 1.85 bits per heavy atom. The first kappa shape index (κ1) is 17.5. The van der Waals surface area contributed by atoms with Crippen LogP contribution in [0.2, 0.25) is 5.02 Å². The second-order valence-corrected chi connectivity index (χ2v) is 7.57. The molecule has 114 valence electrons. The maximum absolute atomic E-state index is 12.8. The summed E-state index contributed by atoms with van der Waals surface area (Å²) >= 11 is 5.75. The fourth-order valence-corrected chi connectivity index (χ4v) is 2.66. The molecule has 0 aromatic heterocycles. The average Bonchev–Trinajstić information content (AvgIpc) is 2.26. The van der Waals surface area contributed by atoms with E-state index >= 15 is 0 Å². The summed E-state index contributed by atoms with van der Waals surface area (Å²) in [5.41, 5.74) is -0.318. The lowest BCUT2D eigenvalue weighted by Crippen LogP contribution is -2.33. The Kier molecular flexibility index (Phi) is 5.27. The fourth-order valence-electron chi connectivity index (χ4n) is 2.00. The minimum absolute atomic E-state index is 0.0355. The number of nitrogens with two attached hydrogens (primary N) is 1. The highest BCUT2D eigenvalue weighted by atomic mass is 35.5. The second kappa shape index (κ2) is 6.03. The second-order valence-electron chi connectivity index (χ2n) is 5.43. The van der Waals surface area contributed by atoms with E-state index in [9.17, 15) is 17.4 Å². The molecule has 1 rings (SSSR count). The van der Waals surface area contributed by atoms with Crippen molar-refractivity contribution in [3.63, 3.8) is 0 Å². The lowest BCUT2D eigenvalue weighted by Gasteiger charge is -2.25. The zero-order chi connectivity index (χ0) is 15.7. The maximum atomic E-state index is 12.8. The highest BCUT2D eigenvalue weighted by Gasteiger charge is 2.32. The van der Waals surface area contributed by atoms with Gasteiger partial charge in [-0.05, 0) is 49.9 Å². The Morgan fingerprint density at radius 1 is 1.30 bits per heavy atom. The van der Waals surface area contributed by atoms with Crippen LogP contribution >= 0.6 is 11.6 Å². The summed E-state index contributed by atoms with van der Waals surface area (Å²) in [6.45, 7) is 5.20. The first-order valence-electron chi connectivity index (χ1n) is 5.97. The van der Waals surface area contributed by atoms with Gasteiger partial charge in [0.15, 0.2) is 0 Å². The molecule has 20 heavy (non-hydrogen) atoms. The third-order valence-electron chi connectivity index (χ3n) is 3.16. The van der Waals surface area contributed by atoms with Crippen LogP contribution in [0.5, 0.6) is 0 Å². The Morgan fingerprint density at radius 3 is 2.30 bits per heavy atom. The minimum atomic E-state index is -4.44. The molecule has 0 aliphatic carbocycles.